The maximum Gasteiger partial charge on any atom is 0.272 e. The number of hydrogen-bond acceptors (Lipinski definition) is 4. The van der Waals surface area contributed by atoms with Crippen LogP contribution in [0.2, 0.25) is 0 Å². The van der Waals surface area contributed by atoms with Gasteiger partial charge in [-0.1, -0.05) is 13.8 Å². The van der Waals surface area contributed by atoms with Gasteiger partial charge in [0.25, 0.3) is 5.91 Å². The summed E-state index contributed by atoms with van der Waals surface area (Å²) in [5.41, 5.74) is 3.06. The minimum Gasteiger partial charge on any atom is -0.497 e. The lowest BCUT2D eigenvalue weighted by molar-refractivity contribution is 0.0550. The van der Waals surface area contributed by atoms with Crippen molar-refractivity contribution < 1.29 is 14.3 Å². The predicted molar refractivity (Wildman–Crippen MR) is 110 cm³/mol. The van der Waals surface area contributed by atoms with Gasteiger partial charge in [-0.25, -0.2) is 0 Å². The van der Waals surface area contributed by atoms with E-state index in [0.717, 1.165) is 12.1 Å². The Balaban J connectivity index is 1.66. The molecule has 2 aromatic heterocycles. The molecule has 0 saturated heterocycles. The highest BCUT2D eigenvalue weighted by Crippen LogP contribution is 2.35. The van der Waals surface area contributed by atoms with Gasteiger partial charge in [-0.15, -0.1) is 0 Å². The molecule has 1 atom stereocenters. The molecule has 7 heteroatoms. The maximum atomic E-state index is 13.4. The van der Waals surface area contributed by atoms with Crippen molar-refractivity contribution in [1.29, 1.82) is 0 Å². The summed E-state index contributed by atoms with van der Waals surface area (Å²) in [5.74, 6) is 1.63. The van der Waals surface area contributed by atoms with Crippen LogP contribution in [0.3, 0.4) is 0 Å². The van der Waals surface area contributed by atoms with E-state index in [1.165, 1.54) is 5.69 Å². The van der Waals surface area contributed by atoms with E-state index < -0.39 is 0 Å². The third kappa shape index (κ3) is 3.37. The highest BCUT2D eigenvalue weighted by Gasteiger charge is 2.34. The molecule has 0 bridgehead atoms. The van der Waals surface area contributed by atoms with E-state index in [2.05, 4.69) is 40.9 Å². The van der Waals surface area contributed by atoms with Crippen LogP contribution < -0.4 is 9.47 Å². The molecule has 0 spiro atoms. The molecule has 1 aromatic carbocycles. The molecule has 1 aliphatic heterocycles. The number of fused-ring (bicyclic) bond motifs is 1. The lowest BCUT2D eigenvalue weighted by Gasteiger charge is -2.39. The second-order valence-corrected chi connectivity index (χ2v) is 7.55. The third-order valence-electron chi connectivity index (χ3n) is 5.47. The van der Waals surface area contributed by atoms with Crippen LogP contribution in [0.4, 0.5) is 0 Å². The van der Waals surface area contributed by atoms with Crippen molar-refractivity contribution in [3.8, 4) is 22.8 Å². The maximum absolute atomic E-state index is 13.4. The molecule has 0 saturated carbocycles. The van der Waals surface area contributed by atoms with Gasteiger partial charge >= 0.3 is 0 Å². The zero-order valence-electron chi connectivity index (χ0n) is 17.2. The van der Waals surface area contributed by atoms with Crippen molar-refractivity contribution in [3.63, 3.8) is 0 Å². The van der Waals surface area contributed by atoms with E-state index in [0.29, 0.717) is 35.3 Å². The van der Waals surface area contributed by atoms with Crippen LogP contribution in [0.5, 0.6) is 11.5 Å². The SMILES string of the molecule is COc1ccc(OC)c(-c2cc(C(=O)N3CCn4cccc4[C@H]3C(C)C)[nH]n2)c1. The summed E-state index contributed by atoms with van der Waals surface area (Å²) in [6.45, 7) is 5.75. The Morgan fingerprint density at radius 1 is 1.17 bits per heavy atom. The summed E-state index contributed by atoms with van der Waals surface area (Å²) in [6.07, 6.45) is 2.08. The number of carbonyl (C=O) groups excluding carboxylic acids is 1. The Morgan fingerprint density at radius 3 is 2.72 bits per heavy atom. The molecule has 3 aromatic rings. The van der Waals surface area contributed by atoms with E-state index in [9.17, 15) is 4.79 Å². The molecule has 1 amide bonds. The average Bonchev–Trinajstić information content (AvgIpc) is 3.41. The van der Waals surface area contributed by atoms with Gasteiger partial charge < -0.3 is 18.9 Å². The molecule has 7 nitrogen and oxygen atoms in total. The van der Waals surface area contributed by atoms with Crippen LogP contribution in [0, 0.1) is 5.92 Å². The Hall–Kier alpha value is -3.22. The molecule has 29 heavy (non-hydrogen) atoms. The van der Waals surface area contributed by atoms with Gasteiger partial charge in [0.2, 0.25) is 0 Å². The van der Waals surface area contributed by atoms with Gasteiger partial charge in [-0.05, 0) is 42.3 Å². The lowest BCUT2D eigenvalue weighted by Crippen LogP contribution is -2.44. The molecule has 1 N–H and O–H groups in total. The van der Waals surface area contributed by atoms with Crippen molar-refractivity contribution in [2.45, 2.75) is 26.4 Å². The largest absolute Gasteiger partial charge is 0.497 e. The Bertz CT molecular complexity index is 1020. The second-order valence-electron chi connectivity index (χ2n) is 7.55. The molecule has 3 heterocycles. The molecule has 0 radical (unpaired) electrons. The number of carbonyl (C=O) groups is 1. The molecular formula is C22H26N4O3. The summed E-state index contributed by atoms with van der Waals surface area (Å²) in [5, 5.41) is 7.30. The number of rotatable bonds is 5. The molecule has 0 fully saturated rings. The highest BCUT2D eigenvalue weighted by molar-refractivity contribution is 5.94. The van der Waals surface area contributed by atoms with Gasteiger partial charge in [0.05, 0.1) is 26.0 Å². The zero-order chi connectivity index (χ0) is 20.5. The summed E-state index contributed by atoms with van der Waals surface area (Å²) < 4.78 is 13.0. The van der Waals surface area contributed by atoms with Gasteiger partial charge in [-0.3, -0.25) is 9.89 Å². The summed E-state index contributed by atoms with van der Waals surface area (Å²) in [4.78, 5) is 15.3. The average molecular weight is 394 g/mol. The monoisotopic (exact) mass is 394 g/mol. The minimum atomic E-state index is -0.0447. The first-order valence-electron chi connectivity index (χ1n) is 9.77. The van der Waals surface area contributed by atoms with E-state index in [-0.39, 0.29) is 11.9 Å². The van der Waals surface area contributed by atoms with E-state index in [1.54, 1.807) is 20.3 Å². The second kappa shape index (κ2) is 7.66. The Labute approximate surface area is 170 Å². The quantitative estimate of drug-likeness (QED) is 0.715. The highest BCUT2D eigenvalue weighted by atomic mass is 16.5. The van der Waals surface area contributed by atoms with Crippen LogP contribution in [-0.2, 0) is 6.54 Å². The van der Waals surface area contributed by atoms with Crippen molar-refractivity contribution >= 4 is 5.91 Å². The van der Waals surface area contributed by atoms with Crippen molar-refractivity contribution in [2.24, 2.45) is 5.92 Å². The van der Waals surface area contributed by atoms with Gasteiger partial charge in [-0.2, -0.15) is 5.10 Å². The normalized spacial score (nSPS) is 16.0. The Kier molecular flexibility index (Phi) is 5.05. The van der Waals surface area contributed by atoms with Crippen LogP contribution in [0.15, 0.2) is 42.6 Å². The zero-order valence-corrected chi connectivity index (χ0v) is 17.2. The number of benzene rings is 1. The van der Waals surface area contributed by atoms with E-state index in [4.69, 9.17) is 9.47 Å². The molecule has 4 rings (SSSR count). The molecule has 0 aliphatic carbocycles. The summed E-state index contributed by atoms with van der Waals surface area (Å²) in [6, 6.07) is 11.5. The van der Waals surface area contributed by atoms with Gasteiger partial charge in [0.15, 0.2) is 0 Å². The number of nitrogens with one attached hydrogen (secondary N) is 1. The lowest BCUT2D eigenvalue weighted by atomic mass is 9.96. The molecule has 0 unspecified atom stereocenters. The minimum absolute atomic E-state index is 0.0318. The van der Waals surface area contributed by atoms with E-state index >= 15 is 0 Å². The first-order valence-corrected chi connectivity index (χ1v) is 9.77. The first kappa shape index (κ1) is 19.1. The number of aromatic amines is 1. The number of amides is 1. The standard InChI is InChI=1S/C22H26N4O3/c1-14(2)21-19-6-5-9-25(19)10-11-26(21)22(27)18-13-17(23-24-18)16-12-15(28-3)7-8-20(16)29-4/h5-9,12-14,21H,10-11H2,1-4H3,(H,23,24)/t21-/m1/s1. The number of methoxy groups -OCH3 is 2. The molecule has 1 aliphatic rings. The predicted octanol–water partition coefficient (Wildman–Crippen LogP) is 3.75. The van der Waals surface area contributed by atoms with Crippen LogP contribution >= 0.6 is 0 Å². The van der Waals surface area contributed by atoms with Crippen molar-refractivity contribution in [1.82, 2.24) is 19.7 Å². The number of aromatic nitrogens is 3. The molecule has 152 valence electrons. The molecular weight excluding hydrogens is 368 g/mol. The fraction of sp³-hybridized carbons (Fsp3) is 0.364. The van der Waals surface area contributed by atoms with Crippen molar-refractivity contribution in [2.75, 3.05) is 20.8 Å². The third-order valence-corrected chi connectivity index (χ3v) is 5.47. The number of H-pyrrole nitrogens is 1. The summed E-state index contributed by atoms with van der Waals surface area (Å²) in [7, 11) is 3.23. The topological polar surface area (TPSA) is 72.4 Å². The smallest absolute Gasteiger partial charge is 0.272 e. The van der Waals surface area contributed by atoms with Crippen LogP contribution in [-0.4, -0.2) is 46.3 Å². The van der Waals surface area contributed by atoms with Crippen molar-refractivity contribution in [3.05, 3.63) is 54.0 Å². The summed E-state index contributed by atoms with van der Waals surface area (Å²) >= 11 is 0. The van der Waals surface area contributed by atoms with Crippen LogP contribution in [0.1, 0.15) is 36.1 Å². The number of hydrogen-bond donors (Lipinski definition) is 1. The van der Waals surface area contributed by atoms with Gasteiger partial charge in [0, 0.05) is 30.5 Å². The fourth-order valence-corrected chi connectivity index (χ4v) is 4.08. The first-order chi connectivity index (χ1) is 14.0. The Morgan fingerprint density at radius 2 is 2.00 bits per heavy atom. The van der Waals surface area contributed by atoms with Gasteiger partial charge in [0.1, 0.15) is 17.2 Å². The fourth-order valence-electron chi connectivity index (χ4n) is 4.08. The number of nitrogens with zero attached hydrogens (tertiary/aromatic N) is 3. The number of ether oxygens (including phenoxy) is 2. The van der Waals surface area contributed by atoms with E-state index in [1.807, 2.05) is 29.2 Å². The van der Waals surface area contributed by atoms with Crippen LogP contribution in [0.25, 0.3) is 11.3 Å².